The first kappa shape index (κ1) is 18.4. The topological polar surface area (TPSA) is 32.8 Å². The number of rotatable bonds is 6. The van der Waals surface area contributed by atoms with Crippen LogP contribution in [-0.4, -0.2) is 57.1 Å². The van der Waals surface area contributed by atoms with Gasteiger partial charge in [0.25, 0.3) is 0 Å². The number of benzene rings is 1. The Morgan fingerprint density at radius 2 is 1.91 bits per heavy atom. The Kier molecular flexibility index (Phi) is 6.37. The molecule has 1 atom stereocenters. The van der Waals surface area contributed by atoms with Crippen LogP contribution >= 0.6 is 0 Å². The summed E-state index contributed by atoms with van der Waals surface area (Å²) >= 11 is 0. The molecule has 1 rings (SSSR count). The van der Waals surface area contributed by atoms with Gasteiger partial charge in [-0.05, 0) is 24.7 Å². The van der Waals surface area contributed by atoms with Gasteiger partial charge in [0.15, 0.2) is 0 Å². The molecule has 1 aromatic rings. The normalized spacial score (nSPS) is 13.3. The molecule has 1 aromatic carbocycles. The molecule has 0 saturated carbocycles. The van der Waals surface area contributed by atoms with Crippen molar-refractivity contribution in [1.82, 2.24) is 9.80 Å². The number of hydrogen-bond donors (Lipinski definition) is 0. The Morgan fingerprint density at radius 1 is 1.27 bits per heavy atom. The fourth-order valence-corrected chi connectivity index (χ4v) is 2.02. The molecule has 0 unspecified atom stereocenters. The zero-order valence-electron chi connectivity index (χ0n) is 13.1. The minimum Gasteiger partial charge on any atom is -0.383 e. The van der Waals surface area contributed by atoms with Gasteiger partial charge in [0.2, 0.25) is 5.91 Å². The summed E-state index contributed by atoms with van der Waals surface area (Å²) in [6.45, 7) is 0.287. The third-order valence-corrected chi connectivity index (χ3v) is 3.34. The van der Waals surface area contributed by atoms with Crippen LogP contribution < -0.4 is 0 Å². The Balaban J connectivity index is 3.02. The predicted molar refractivity (Wildman–Crippen MR) is 77.4 cm³/mol. The van der Waals surface area contributed by atoms with Crippen LogP contribution in [0.4, 0.5) is 13.2 Å². The second-order valence-electron chi connectivity index (χ2n) is 5.30. The molecule has 1 amide bonds. The first-order chi connectivity index (χ1) is 10.2. The van der Waals surface area contributed by atoms with E-state index in [4.69, 9.17) is 4.74 Å². The van der Waals surface area contributed by atoms with Crippen molar-refractivity contribution in [2.75, 3.05) is 41.4 Å². The minimum atomic E-state index is -4.40. The van der Waals surface area contributed by atoms with Crippen molar-refractivity contribution in [2.45, 2.75) is 12.2 Å². The van der Waals surface area contributed by atoms with Crippen molar-refractivity contribution >= 4 is 5.91 Å². The molecule has 0 aliphatic carbocycles. The number of ether oxygens (including phenoxy) is 1. The summed E-state index contributed by atoms with van der Waals surface area (Å²) in [4.78, 5) is 14.9. The van der Waals surface area contributed by atoms with E-state index in [1.165, 1.54) is 18.1 Å². The lowest BCUT2D eigenvalue weighted by Crippen LogP contribution is -2.38. The fraction of sp³-hybridized carbons (Fsp3) is 0.533. The van der Waals surface area contributed by atoms with Gasteiger partial charge in [-0.1, -0.05) is 12.1 Å². The van der Waals surface area contributed by atoms with Crippen LogP contribution in [0.1, 0.15) is 17.2 Å². The molecule has 0 aromatic heterocycles. The lowest BCUT2D eigenvalue weighted by molar-refractivity contribution is -0.137. The molecular formula is C15H21F3N2O2. The van der Waals surface area contributed by atoms with Crippen molar-refractivity contribution < 1.29 is 22.7 Å². The van der Waals surface area contributed by atoms with Gasteiger partial charge in [-0.2, -0.15) is 13.2 Å². The maximum atomic E-state index is 12.8. The molecular weight excluding hydrogens is 297 g/mol. The summed E-state index contributed by atoms with van der Waals surface area (Å²) in [5, 5.41) is 0. The van der Waals surface area contributed by atoms with Crippen LogP contribution in [-0.2, 0) is 15.7 Å². The SMILES string of the molecule is COC[C@@H](c1cccc(C(F)(F)F)c1)N(C)CC(=O)N(C)C. The van der Waals surface area contributed by atoms with E-state index in [1.807, 2.05) is 0 Å². The first-order valence-electron chi connectivity index (χ1n) is 6.73. The van der Waals surface area contributed by atoms with Crippen molar-refractivity contribution in [3.63, 3.8) is 0 Å². The van der Waals surface area contributed by atoms with Gasteiger partial charge in [-0.3, -0.25) is 9.69 Å². The van der Waals surface area contributed by atoms with Crippen LogP contribution in [0, 0.1) is 0 Å². The zero-order chi connectivity index (χ0) is 16.9. The van der Waals surface area contributed by atoms with E-state index in [-0.39, 0.29) is 19.1 Å². The zero-order valence-corrected chi connectivity index (χ0v) is 13.1. The van der Waals surface area contributed by atoms with Crippen molar-refractivity contribution in [2.24, 2.45) is 0 Å². The number of halogens is 3. The number of carbonyl (C=O) groups excluding carboxylic acids is 1. The number of amides is 1. The molecule has 0 radical (unpaired) electrons. The lowest BCUT2D eigenvalue weighted by atomic mass is 10.0. The van der Waals surface area contributed by atoms with Crippen molar-refractivity contribution in [3.8, 4) is 0 Å². The maximum Gasteiger partial charge on any atom is 0.416 e. The van der Waals surface area contributed by atoms with Crippen molar-refractivity contribution in [3.05, 3.63) is 35.4 Å². The van der Waals surface area contributed by atoms with Crippen molar-refractivity contribution in [1.29, 1.82) is 0 Å². The van der Waals surface area contributed by atoms with E-state index >= 15 is 0 Å². The summed E-state index contributed by atoms with van der Waals surface area (Å²) in [5.41, 5.74) is -0.246. The summed E-state index contributed by atoms with van der Waals surface area (Å²) in [5.74, 6) is -0.129. The molecule has 7 heteroatoms. The van der Waals surface area contributed by atoms with Gasteiger partial charge in [0, 0.05) is 21.2 Å². The van der Waals surface area contributed by atoms with Gasteiger partial charge in [-0.25, -0.2) is 0 Å². The molecule has 0 fully saturated rings. The van der Waals surface area contributed by atoms with Gasteiger partial charge in [0.05, 0.1) is 24.8 Å². The Morgan fingerprint density at radius 3 is 2.41 bits per heavy atom. The predicted octanol–water partition coefficient (Wildman–Crippen LogP) is 2.41. The first-order valence-corrected chi connectivity index (χ1v) is 6.73. The van der Waals surface area contributed by atoms with Gasteiger partial charge in [-0.15, -0.1) is 0 Å². The highest BCUT2D eigenvalue weighted by Crippen LogP contribution is 2.31. The molecule has 22 heavy (non-hydrogen) atoms. The highest BCUT2D eigenvalue weighted by Gasteiger charge is 2.31. The van der Waals surface area contributed by atoms with Crippen LogP contribution in [0.3, 0.4) is 0 Å². The molecule has 0 spiro atoms. The molecule has 0 aliphatic rings. The number of carbonyl (C=O) groups is 1. The molecule has 0 heterocycles. The van der Waals surface area contributed by atoms with E-state index in [0.29, 0.717) is 5.56 Å². The summed E-state index contributed by atoms with van der Waals surface area (Å²) in [6, 6.07) is 4.66. The molecule has 0 aliphatic heterocycles. The molecule has 0 saturated heterocycles. The second-order valence-corrected chi connectivity index (χ2v) is 5.30. The number of alkyl halides is 3. The third-order valence-electron chi connectivity index (χ3n) is 3.34. The van der Waals surface area contributed by atoms with Gasteiger partial charge in [0.1, 0.15) is 0 Å². The molecule has 0 N–H and O–H groups in total. The highest BCUT2D eigenvalue weighted by atomic mass is 19.4. The summed E-state index contributed by atoms with van der Waals surface area (Å²) in [6.07, 6.45) is -4.40. The third kappa shape index (κ3) is 4.99. The summed E-state index contributed by atoms with van der Waals surface area (Å²) < 4.78 is 43.6. The average Bonchev–Trinajstić information content (AvgIpc) is 2.43. The van der Waals surface area contributed by atoms with E-state index in [2.05, 4.69) is 0 Å². The van der Waals surface area contributed by atoms with E-state index < -0.39 is 17.8 Å². The second kappa shape index (κ2) is 7.60. The Hall–Kier alpha value is -1.60. The molecule has 4 nitrogen and oxygen atoms in total. The Bertz CT molecular complexity index is 504. The van der Waals surface area contributed by atoms with Crippen LogP contribution in [0.2, 0.25) is 0 Å². The number of hydrogen-bond acceptors (Lipinski definition) is 3. The van der Waals surface area contributed by atoms with Crippen LogP contribution in [0.25, 0.3) is 0 Å². The molecule has 0 bridgehead atoms. The highest BCUT2D eigenvalue weighted by molar-refractivity contribution is 5.77. The fourth-order valence-electron chi connectivity index (χ4n) is 2.02. The van der Waals surface area contributed by atoms with Gasteiger partial charge >= 0.3 is 6.18 Å². The minimum absolute atomic E-state index is 0.0945. The number of nitrogens with zero attached hydrogens (tertiary/aromatic N) is 2. The number of methoxy groups -OCH3 is 1. The van der Waals surface area contributed by atoms with E-state index in [9.17, 15) is 18.0 Å². The van der Waals surface area contributed by atoms with E-state index in [0.717, 1.165) is 12.1 Å². The van der Waals surface area contributed by atoms with Gasteiger partial charge < -0.3 is 9.64 Å². The number of likely N-dealkylation sites (N-methyl/N-ethyl adjacent to an activating group) is 2. The molecule has 124 valence electrons. The monoisotopic (exact) mass is 318 g/mol. The largest absolute Gasteiger partial charge is 0.416 e. The maximum absolute atomic E-state index is 12.8. The van der Waals surface area contributed by atoms with E-state index in [1.54, 1.807) is 32.1 Å². The summed E-state index contributed by atoms with van der Waals surface area (Å²) in [7, 11) is 6.42. The average molecular weight is 318 g/mol. The Labute approximate surface area is 128 Å². The lowest BCUT2D eigenvalue weighted by Gasteiger charge is -2.28. The standard InChI is InChI=1S/C15H21F3N2O2/c1-19(2)14(21)9-20(3)13(10-22-4)11-6-5-7-12(8-11)15(16,17)18/h5-8,13H,9-10H2,1-4H3/t13-/m0/s1. The smallest absolute Gasteiger partial charge is 0.383 e. The quantitative estimate of drug-likeness (QED) is 0.807. The van der Waals surface area contributed by atoms with Crippen LogP contribution in [0.15, 0.2) is 24.3 Å². The van der Waals surface area contributed by atoms with Crippen LogP contribution in [0.5, 0.6) is 0 Å².